The predicted octanol–water partition coefficient (Wildman–Crippen LogP) is 4.01. The molecular weight excluding hydrogens is 491 g/mol. The largest absolute Gasteiger partial charge is 0.473 e. The number of carbonyl (C=O) groups is 3. The molecule has 0 radical (unpaired) electrons. The van der Waals surface area contributed by atoms with Crippen LogP contribution in [0, 0.1) is 0 Å². The molecule has 2 heterocycles. The molecule has 1 saturated heterocycles. The van der Waals surface area contributed by atoms with Crippen LogP contribution < -0.4 is 4.74 Å². The molecule has 188 valence electrons. The minimum atomic E-state index is -4.48. The van der Waals surface area contributed by atoms with Gasteiger partial charge in [0.15, 0.2) is 23.7 Å². The Balaban J connectivity index is 1.92. The second-order valence-electron chi connectivity index (χ2n) is 7.56. The third-order valence-electron chi connectivity index (χ3n) is 4.86. The van der Waals surface area contributed by atoms with Crippen LogP contribution >= 0.6 is 11.8 Å². The number of halogens is 3. The molecule has 1 aromatic carbocycles. The summed E-state index contributed by atoms with van der Waals surface area (Å²) in [6, 6.07) is 6.09. The zero-order chi connectivity index (χ0) is 25.8. The van der Waals surface area contributed by atoms with Gasteiger partial charge in [0.25, 0.3) is 0 Å². The van der Waals surface area contributed by atoms with Crippen molar-refractivity contribution in [1.29, 1.82) is 0 Å². The van der Waals surface area contributed by atoms with Gasteiger partial charge < -0.3 is 18.9 Å². The molecule has 0 unspecified atom stereocenters. The summed E-state index contributed by atoms with van der Waals surface area (Å²) < 4.78 is 60.9. The summed E-state index contributed by atoms with van der Waals surface area (Å²) >= 11 is 1.15. The van der Waals surface area contributed by atoms with Crippen LogP contribution in [0.25, 0.3) is 11.1 Å². The number of hydrogen-bond donors (Lipinski definition) is 0. The van der Waals surface area contributed by atoms with E-state index < -0.39 is 53.4 Å². The summed E-state index contributed by atoms with van der Waals surface area (Å²) in [4.78, 5) is 39.1. The minimum Gasteiger partial charge on any atom is -0.473 e. The average Bonchev–Trinajstić information content (AvgIpc) is 2.76. The van der Waals surface area contributed by atoms with Gasteiger partial charge in [0.1, 0.15) is 5.75 Å². The molecule has 12 heteroatoms. The van der Waals surface area contributed by atoms with E-state index in [4.69, 9.17) is 18.9 Å². The molecular formula is C23H22F3NO7S. The standard InChI is InChI=1S/C23H22F3NO7S/c1-12(28)31-19-11-35-22(21(33-14(3)30)20(19)32-13(2)29)34-18-10-27-9-8-17(18)15-4-6-16(7-5-15)23(24,25)26/h4-10,19-22H,11H2,1-3H3/t19-,20+,21-,22+/m1/s1. The van der Waals surface area contributed by atoms with Crippen LogP contribution in [0.2, 0.25) is 0 Å². The zero-order valence-corrected chi connectivity index (χ0v) is 19.7. The fraction of sp³-hybridized carbons (Fsp3) is 0.391. The number of nitrogens with zero attached hydrogens (tertiary/aromatic N) is 1. The lowest BCUT2D eigenvalue weighted by Crippen LogP contribution is -2.55. The predicted molar refractivity (Wildman–Crippen MR) is 118 cm³/mol. The Bertz CT molecular complexity index is 1080. The normalized spacial score (nSPS) is 22.1. The second-order valence-corrected chi connectivity index (χ2v) is 8.69. The Morgan fingerprint density at radius 3 is 2.09 bits per heavy atom. The van der Waals surface area contributed by atoms with Gasteiger partial charge in [-0.15, -0.1) is 11.8 Å². The van der Waals surface area contributed by atoms with E-state index in [2.05, 4.69) is 4.98 Å². The van der Waals surface area contributed by atoms with Gasteiger partial charge in [-0.1, -0.05) is 12.1 Å². The molecule has 35 heavy (non-hydrogen) atoms. The van der Waals surface area contributed by atoms with E-state index in [0.717, 1.165) is 30.8 Å². The third kappa shape index (κ3) is 6.87. The zero-order valence-electron chi connectivity index (χ0n) is 18.9. The second kappa shape index (κ2) is 11.0. The van der Waals surface area contributed by atoms with E-state index >= 15 is 0 Å². The molecule has 1 aliphatic heterocycles. The van der Waals surface area contributed by atoms with Crippen LogP contribution in [-0.2, 0) is 34.8 Å². The number of rotatable bonds is 6. The molecule has 8 nitrogen and oxygen atoms in total. The summed E-state index contributed by atoms with van der Waals surface area (Å²) in [7, 11) is 0. The number of thioether (sulfide) groups is 1. The van der Waals surface area contributed by atoms with Crippen LogP contribution in [0.5, 0.6) is 5.75 Å². The molecule has 0 amide bonds. The fourth-order valence-electron chi connectivity index (χ4n) is 3.49. The number of ether oxygens (including phenoxy) is 4. The number of benzene rings is 1. The number of esters is 3. The highest BCUT2D eigenvalue weighted by Crippen LogP contribution is 2.38. The van der Waals surface area contributed by atoms with Crippen molar-refractivity contribution in [3.8, 4) is 16.9 Å². The van der Waals surface area contributed by atoms with Gasteiger partial charge >= 0.3 is 24.1 Å². The van der Waals surface area contributed by atoms with Crippen LogP contribution in [0.15, 0.2) is 42.7 Å². The molecule has 0 aliphatic carbocycles. The van der Waals surface area contributed by atoms with Gasteiger partial charge in [-0.25, -0.2) is 0 Å². The molecule has 2 aromatic rings. The highest BCUT2D eigenvalue weighted by atomic mass is 32.2. The van der Waals surface area contributed by atoms with Crippen molar-refractivity contribution >= 4 is 29.7 Å². The molecule has 1 aromatic heterocycles. The van der Waals surface area contributed by atoms with E-state index in [0.29, 0.717) is 11.1 Å². The van der Waals surface area contributed by atoms with Crippen LogP contribution in [0.4, 0.5) is 13.2 Å². The van der Waals surface area contributed by atoms with Gasteiger partial charge in [-0.3, -0.25) is 19.4 Å². The van der Waals surface area contributed by atoms with E-state index in [9.17, 15) is 27.6 Å². The molecule has 3 rings (SSSR count). The van der Waals surface area contributed by atoms with Crippen molar-refractivity contribution in [2.24, 2.45) is 0 Å². The Kier molecular flexibility index (Phi) is 8.26. The Hall–Kier alpha value is -3.28. The lowest BCUT2D eigenvalue weighted by atomic mass is 10.0. The quantitative estimate of drug-likeness (QED) is 0.419. The maximum Gasteiger partial charge on any atom is 0.416 e. The third-order valence-corrected chi connectivity index (χ3v) is 6.07. The van der Waals surface area contributed by atoms with Crippen molar-refractivity contribution in [3.05, 3.63) is 48.3 Å². The molecule has 0 bridgehead atoms. The van der Waals surface area contributed by atoms with Gasteiger partial charge in [0.05, 0.1) is 11.8 Å². The van der Waals surface area contributed by atoms with Crippen molar-refractivity contribution in [3.63, 3.8) is 0 Å². The fourth-order valence-corrected chi connectivity index (χ4v) is 4.70. The van der Waals surface area contributed by atoms with Gasteiger partial charge in [-0.05, 0) is 23.8 Å². The highest BCUT2D eigenvalue weighted by Gasteiger charge is 2.48. The Morgan fingerprint density at radius 2 is 1.51 bits per heavy atom. The van der Waals surface area contributed by atoms with E-state index in [1.165, 1.54) is 38.4 Å². The van der Waals surface area contributed by atoms with Crippen LogP contribution in [0.3, 0.4) is 0 Å². The SMILES string of the molecule is CC(=O)O[C@@H]1[C@@H](OC(C)=O)[C@@H](Oc2cnccc2-c2ccc(C(F)(F)F)cc2)SC[C@H]1OC(C)=O. The number of alkyl halides is 3. The average molecular weight is 513 g/mol. The summed E-state index contributed by atoms with van der Waals surface area (Å²) in [5.74, 6) is -1.60. The first-order valence-corrected chi connectivity index (χ1v) is 11.4. The number of hydrogen-bond acceptors (Lipinski definition) is 9. The summed E-state index contributed by atoms with van der Waals surface area (Å²) in [6.45, 7) is 3.53. The first kappa shape index (κ1) is 26.3. The van der Waals surface area contributed by atoms with Crippen molar-refractivity contribution in [2.75, 3.05) is 5.75 Å². The van der Waals surface area contributed by atoms with E-state index in [-0.39, 0.29) is 11.5 Å². The number of pyridine rings is 1. The molecule has 1 aliphatic rings. The first-order chi connectivity index (χ1) is 16.5. The number of aromatic nitrogens is 1. The molecule has 0 spiro atoms. The van der Waals surface area contributed by atoms with E-state index in [1.54, 1.807) is 6.07 Å². The van der Waals surface area contributed by atoms with Crippen molar-refractivity contribution < 1.29 is 46.5 Å². The molecule has 0 saturated carbocycles. The molecule has 1 fully saturated rings. The minimum absolute atomic E-state index is 0.163. The van der Waals surface area contributed by atoms with Crippen molar-refractivity contribution in [1.82, 2.24) is 4.98 Å². The maximum atomic E-state index is 12.9. The molecule has 4 atom stereocenters. The lowest BCUT2D eigenvalue weighted by Gasteiger charge is -2.40. The number of carbonyl (C=O) groups excluding carboxylic acids is 3. The van der Waals surface area contributed by atoms with E-state index in [1.807, 2.05) is 0 Å². The van der Waals surface area contributed by atoms with Gasteiger partial charge in [-0.2, -0.15) is 13.2 Å². The van der Waals surface area contributed by atoms with Crippen LogP contribution in [-0.4, -0.2) is 52.4 Å². The maximum absolute atomic E-state index is 12.9. The highest BCUT2D eigenvalue weighted by molar-refractivity contribution is 7.99. The van der Waals surface area contributed by atoms with Gasteiger partial charge in [0.2, 0.25) is 0 Å². The lowest BCUT2D eigenvalue weighted by molar-refractivity contribution is -0.186. The van der Waals surface area contributed by atoms with Gasteiger partial charge in [0, 0.05) is 38.3 Å². The topological polar surface area (TPSA) is 101 Å². The Morgan fingerprint density at radius 1 is 0.914 bits per heavy atom. The smallest absolute Gasteiger partial charge is 0.416 e. The summed E-state index contributed by atoms with van der Waals surface area (Å²) in [5, 5.41) is 0. The Labute approximate surface area is 203 Å². The van der Waals surface area contributed by atoms with Crippen molar-refractivity contribution in [2.45, 2.75) is 50.7 Å². The molecule has 0 N–H and O–H groups in total. The first-order valence-electron chi connectivity index (χ1n) is 10.4. The van der Waals surface area contributed by atoms with Crippen LogP contribution in [0.1, 0.15) is 26.3 Å². The summed E-state index contributed by atoms with van der Waals surface area (Å²) in [6.07, 6.45) is -4.84. The monoisotopic (exact) mass is 513 g/mol. The summed E-state index contributed by atoms with van der Waals surface area (Å²) in [5.41, 5.74) is -0.819.